The summed E-state index contributed by atoms with van der Waals surface area (Å²) >= 11 is 0. The SMILES string of the molecule is COC1COCCN(Cc2nccn2C)C1. The van der Waals surface area contributed by atoms with Gasteiger partial charge >= 0.3 is 0 Å². The zero-order chi connectivity index (χ0) is 11.4. The summed E-state index contributed by atoms with van der Waals surface area (Å²) in [4.78, 5) is 6.65. The quantitative estimate of drug-likeness (QED) is 0.740. The Kier molecular flexibility index (Phi) is 3.93. The van der Waals surface area contributed by atoms with Gasteiger partial charge in [0.2, 0.25) is 0 Å². The van der Waals surface area contributed by atoms with Crippen molar-refractivity contribution in [1.82, 2.24) is 14.5 Å². The number of hydrogen-bond donors (Lipinski definition) is 0. The highest BCUT2D eigenvalue weighted by Gasteiger charge is 2.19. The number of nitrogens with zero attached hydrogens (tertiary/aromatic N) is 3. The average molecular weight is 225 g/mol. The Bertz CT molecular complexity index is 327. The lowest BCUT2D eigenvalue weighted by molar-refractivity contribution is 0.0224. The van der Waals surface area contributed by atoms with Crippen LogP contribution in [0.15, 0.2) is 12.4 Å². The van der Waals surface area contributed by atoms with Gasteiger partial charge in [0.05, 0.1) is 25.9 Å². The molecule has 2 heterocycles. The smallest absolute Gasteiger partial charge is 0.122 e. The van der Waals surface area contributed by atoms with Crippen LogP contribution in [0.1, 0.15) is 5.82 Å². The number of rotatable bonds is 3. The molecule has 1 atom stereocenters. The second kappa shape index (κ2) is 5.43. The van der Waals surface area contributed by atoms with E-state index in [1.165, 1.54) is 0 Å². The number of aryl methyl sites for hydroxylation is 1. The van der Waals surface area contributed by atoms with Crippen molar-refractivity contribution in [3.63, 3.8) is 0 Å². The Morgan fingerprint density at radius 3 is 3.19 bits per heavy atom. The molecule has 0 aliphatic carbocycles. The van der Waals surface area contributed by atoms with Crippen LogP contribution in [0.2, 0.25) is 0 Å². The van der Waals surface area contributed by atoms with Crippen molar-refractivity contribution in [3.8, 4) is 0 Å². The molecule has 1 aromatic heterocycles. The zero-order valence-corrected chi connectivity index (χ0v) is 9.93. The summed E-state index contributed by atoms with van der Waals surface area (Å²) in [6.45, 7) is 4.15. The molecule has 5 nitrogen and oxygen atoms in total. The number of aromatic nitrogens is 2. The van der Waals surface area contributed by atoms with Gasteiger partial charge in [0.1, 0.15) is 5.82 Å². The predicted octanol–water partition coefficient (Wildman–Crippen LogP) is 0.267. The van der Waals surface area contributed by atoms with Crippen LogP contribution in [0.5, 0.6) is 0 Å². The highest BCUT2D eigenvalue weighted by molar-refractivity contribution is 4.91. The Morgan fingerprint density at radius 2 is 2.50 bits per heavy atom. The standard InChI is InChI=1S/C11H19N3O2/c1-13-4-3-12-11(13)8-14-5-6-16-9-10(7-14)15-2/h3-4,10H,5-9H2,1-2H3. The summed E-state index contributed by atoms with van der Waals surface area (Å²) in [5.41, 5.74) is 0. The van der Waals surface area contributed by atoms with E-state index in [-0.39, 0.29) is 6.10 Å². The zero-order valence-electron chi connectivity index (χ0n) is 9.93. The first kappa shape index (κ1) is 11.6. The molecule has 0 amide bonds. The summed E-state index contributed by atoms with van der Waals surface area (Å²) in [5, 5.41) is 0. The van der Waals surface area contributed by atoms with Crippen LogP contribution in [0, 0.1) is 0 Å². The van der Waals surface area contributed by atoms with Crippen molar-refractivity contribution in [2.45, 2.75) is 12.6 Å². The molecule has 1 unspecified atom stereocenters. The first-order valence-corrected chi connectivity index (χ1v) is 5.58. The lowest BCUT2D eigenvalue weighted by atomic mass is 10.3. The van der Waals surface area contributed by atoms with E-state index in [0.717, 1.165) is 32.1 Å². The van der Waals surface area contributed by atoms with Gasteiger partial charge in [-0.25, -0.2) is 4.98 Å². The van der Waals surface area contributed by atoms with Gasteiger partial charge in [0.25, 0.3) is 0 Å². The number of methoxy groups -OCH3 is 1. The molecule has 0 radical (unpaired) electrons. The van der Waals surface area contributed by atoms with E-state index in [1.807, 2.05) is 24.0 Å². The third-order valence-corrected chi connectivity index (χ3v) is 2.94. The molecule has 1 aromatic rings. The maximum atomic E-state index is 5.48. The molecule has 2 rings (SSSR count). The molecule has 1 fully saturated rings. The van der Waals surface area contributed by atoms with E-state index >= 15 is 0 Å². The second-order valence-corrected chi connectivity index (χ2v) is 4.12. The van der Waals surface area contributed by atoms with Crippen LogP contribution in [-0.4, -0.2) is 54.0 Å². The van der Waals surface area contributed by atoms with E-state index in [0.29, 0.717) is 6.61 Å². The second-order valence-electron chi connectivity index (χ2n) is 4.12. The minimum absolute atomic E-state index is 0.169. The summed E-state index contributed by atoms with van der Waals surface area (Å²) in [5.74, 6) is 1.08. The maximum Gasteiger partial charge on any atom is 0.122 e. The molecule has 1 aliphatic rings. The normalized spacial score (nSPS) is 23.2. The van der Waals surface area contributed by atoms with Gasteiger partial charge in [-0.05, 0) is 0 Å². The molecule has 0 aromatic carbocycles. The molecule has 0 bridgehead atoms. The molecule has 0 N–H and O–H groups in total. The van der Waals surface area contributed by atoms with Gasteiger partial charge in [-0.1, -0.05) is 0 Å². The topological polar surface area (TPSA) is 39.5 Å². The average Bonchev–Trinajstić information content (AvgIpc) is 2.55. The Morgan fingerprint density at radius 1 is 1.62 bits per heavy atom. The molecular weight excluding hydrogens is 206 g/mol. The first-order chi connectivity index (χ1) is 7.79. The van der Waals surface area contributed by atoms with E-state index in [2.05, 4.69) is 9.88 Å². The molecule has 90 valence electrons. The third kappa shape index (κ3) is 2.81. The molecule has 16 heavy (non-hydrogen) atoms. The highest BCUT2D eigenvalue weighted by Crippen LogP contribution is 2.07. The van der Waals surface area contributed by atoms with Crippen LogP contribution in [0.25, 0.3) is 0 Å². The summed E-state index contributed by atoms with van der Waals surface area (Å²) in [7, 11) is 3.75. The molecule has 1 aliphatic heterocycles. The van der Waals surface area contributed by atoms with Crippen molar-refractivity contribution in [1.29, 1.82) is 0 Å². The molecule has 1 saturated heterocycles. The highest BCUT2D eigenvalue weighted by atomic mass is 16.5. The Balaban J connectivity index is 1.95. The van der Waals surface area contributed by atoms with Crippen LogP contribution in [0.4, 0.5) is 0 Å². The van der Waals surface area contributed by atoms with Gasteiger partial charge in [-0.3, -0.25) is 4.90 Å². The van der Waals surface area contributed by atoms with Gasteiger partial charge in [0, 0.05) is 39.6 Å². The van der Waals surface area contributed by atoms with Crippen molar-refractivity contribution < 1.29 is 9.47 Å². The number of hydrogen-bond acceptors (Lipinski definition) is 4. The molecule has 5 heteroatoms. The van der Waals surface area contributed by atoms with Crippen molar-refractivity contribution in [2.24, 2.45) is 7.05 Å². The number of ether oxygens (including phenoxy) is 2. The lowest BCUT2D eigenvalue weighted by Crippen LogP contribution is -2.34. The summed E-state index contributed by atoms with van der Waals surface area (Å²) in [6, 6.07) is 0. The minimum atomic E-state index is 0.169. The van der Waals surface area contributed by atoms with E-state index in [9.17, 15) is 0 Å². The van der Waals surface area contributed by atoms with E-state index in [1.54, 1.807) is 7.11 Å². The fourth-order valence-corrected chi connectivity index (χ4v) is 1.88. The molecule has 0 saturated carbocycles. The van der Waals surface area contributed by atoms with Crippen LogP contribution in [-0.2, 0) is 23.1 Å². The lowest BCUT2D eigenvalue weighted by Gasteiger charge is -2.21. The van der Waals surface area contributed by atoms with Gasteiger partial charge in [-0.2, -0.15) is 0 Å². The van der Waals surface area contributed by atoms with Crippen molar-refractivity contribution in [3.05, 3.63) is 18.2 Å². The predicted molar refractivity (Wildman–Crippen MR) is 60.1 cm³/mol. The van der Waals surface area contributed by atoms with Gasteiger partial charge in [0.15, 0.2) is 0 Å². The minimum Gasteiger partial charge on any atom is -0.378 e. The fraction of sp³-hybridized carbons (Fsp3) is 0.727. The number of imidazole rings is 1. The van der Waals surface area contributed by atoms with Gasteiger partial charge < -0.3 is 14.0 Å². The van der Waals surface area contributed by atoms with Crippen molar-refractivity contribution in [2.75, 3.05) is 33.4 Å². The molecular formula is C11H19N3O2. The maximum absolute atomic E-state index is 5.48. The van der Waals surface area contributed by atoms with Crippen molar-refractivity contribution >= 4 is 0 Å². The first-order valence-electron chi connectivity index (χ1n) is 5.58. The fourth-order valence-electron chi connectivity index (χ4n) is 1.88. The Labute approximate surface area is 96.0 Å². The largest absolute Gasteiger partial charge is 0.378 e. The van der Waals surface area contributed by atoms with Crippen LogP contribution < -0.4 is 0 Å². The van der Waals surface area contributed by atoms with Crippen LogP contribution >= 0.6 is 0 Å². The summed E-state index contributed by atoms with van der Waals surface area (Å²) in [6.07, 6.45) is 3.97. The van der Waals surface area contributed by atoms with Crippen LogP contribution in [0.3, 0.4) is 0 Å². The Hall–Kier alpha value is -0.910. The monoisotopic (exact) mass is 225 g/mol. The van der Waals surface area contributed by atoms with E-state index < -0.39 is 0 Å². The van der Waals surface area contributed by atoms with Gasteiger partial charge in [-0.15, -0.1) is 0 Å². The third-order valence-electron chi connectivity index (χ3n) is 2.94. The summed E-state index contributed by atoms with van der Waals surface area (Å²) < 4.78 is 12.9. The van der Waals surface area contributed by atoms with E-state index in [4.69, 9.17) is 9.47 Å². The molecule has 0 spiro atoms.